The molecule has 116 valence electrons. The van der Waals surface area contributed by atoms with Crippen LogP contribution in [-0.2, 0) is 9.59 Å². The Labute approximate surface area is 138 Å². The second-order valence-electron chi connectivity index (χ2n) is 5.58. The summed E-state index contributed by atoms with van der Waals surface area (Å²) in [7, 11) is 0. The van der Waals surface area contributed by atoms with Crippen molar-refractivity contribution < 1.29 is 9.59 Å². The topological polar surface area (TPSA) is 49.4 Å². The van der Waals surface area contributed by atoms with E-state index in [2.05, 4.69) is 12.2 Å². The quantitative estimate of drug-likeness (QED) is 0.796. The van der Waals surface area contributed by atoms with Gasteiger partial charge in [0, 0.05) is 28.6 Å². The molecule has 1 N–H and O–H groups in total. The van der Waals surface area contributed by atoms with Crippen LogP contribution in [0.15, 0.2) is 34.1 Å². The third-order valence-electron chi connectivity index (χ3n) is 3.97. The number of likely N-dealkylation sites (tertiary alicyclic amines) is 1. The zero-order valence-electron chi connectivity index (χ0n) is 12.3. The zero-order chi connectivity index (χ0) is 15.7. The van der Waals surface area contributed by atoms with Gasteiger partial charge in [-0.1, -0.05) is 23.4 Å². The van der Waals surface area contributed by atoms with Crippen LogP contribution in [-0.4, -0.2) is 29.3 Å². The van der Waals surface area contributed by atoms with E-state index < -0.39 is 0 Å². The van der Waals surface area contributed by atoms with Crippen molar-refractivity contribution in [3.63, 3.8) is 0 Å². The molecule has 3 rings (SSSR count). The number of carbonyl (C=O) groups is 2. The van der Waals surface area contributed by atoms with Gasteiger partial charge in [0.15, 0.2) is 0 Å². The molecule has 1 unspecified atom stereocenters. The molecule has 4 nitrogen and oxygen atoms in total. The van der Waals surface area contributed by atoms with Crippen molar-refractivity contribution in [2.75, 3.05) is 11.9 Å². The lowest BCUT2D eigenvalue weighted by Crippen LogP contribution is -2.41. The summed E-state index contributed by atoms with van der Waals surface area (Å²) in [4.78, 5) is 27.8. The molecule has 0 saturated carbocycles. The highest BCUT2D eigenvalue weighted by Gasteiger charge is 2.26. The first-order valence-corrected chi connectivity index (χ1v) is 8.55. The van der Waals surface area contributed by atoms with Crippen LogP contribution in [0.25, 0.3) is 0 Å². The van der Waals surface area contributed by atoms with E-state index in [1.807, 2.05) is 11.0 Å². The van der Waals surface area contributed by atoms with Crippen molar-refractivity contribution in [3.05, 3.63) is 34.2 Å². The first kappa shape index (κ1) is 15.4. The fourth-order valence-corrected chi connectivity index (χ4v) is 3.82. The molecule has 1 fully saturated rings. The van der Waals surface area contributed by atoms with E-state index in [0.717, 1.165) is 30.7 Å². The molecule has 1 atom stereocenters. The summed E-state index contributed by atoms with van der Waals surface area (Å²) in [6.07, 6.45) is 4.67. The van der Waals surface area contributed by atoms with Gasteiger partial charge in [-0.25, -0.2) is 0 Å². The molecular weight excluding hydrogens is 320 g/mol. The highest BCUT2D eigenvalue weighted by molar-refractivity contribution is 8.04. The first-order valence-electron chi connectivity index (χ1n) is 7.35. The fourth-order valence-electron chi connectivity index (χ4n) is 2.75. The van der Waals surface area contributed by atoms with Gasteiger partial charge < -0.3 is 10.2 Å². The zero-order valence-corrected chi connectivity index (χ0v) is 13.8. The van der Waals surface area contributed by atoms with Gasteiger partial charge in [-0.05, 0) is 44.4 Å². The monoisotopic (exact) mass is 336 g/mol. The molecule has 1 aromatic rings. The SMILES string of the molecule is CC1CCCCN1C(=O)/C=C1/Sc2ccc(Cl)cc2NC1=O. The summed E-state index contributed by atoms with van der Waals surface area (Å²) in [5, 5.41) is 3.36. The summed E-state index contributed by atoms with van der Waals surface area (Å²) < 4.78 is 0. The van der Waals surface area contributed by atoms with Gasteiger partial charge in [-0.15, -0.1) is 0 Å². The minimum atomic E-state index is -0.252. The first-order chi connectivity index (χ1) is 10.5. The van der Waals surface area contributed by atoms with Crippen LogP contribution in [0.1, 0.15) is 26.2 Å². The van der Waals surface area contributed by atoms with Crippen LogP contribution >= 0.6 is 23.4 Å². The molecule has 2 amide bonds. The number of thioether (sulfide) groups is 1. The molecule has 22 heavy (non-hydrogen) atoms. The van der Waals surface area contributed by atoms with E-state index in [9.17, 15) is 9.59 Å². The number of piperidine rings is 1. The van der Waals surface area contributed by atoms with Crippen LogP contribution in [0, 0.1) is 0 Å². The second-order valence-corrected chi connectivity index (χ2v) is 7.10. The number of benzene rings is 1. The number of fused-ring (bicyclic) bond motifs is 1. The van der Waals surface area contributed by atoms with Gasteiger partial charge in [0.1, 0.15) is 0 Å². The summed E-state index contributed by atoms with van der Waals surface area (Å²) in [6.45, 7) is 2.82. The number of amides is 2. The van der Waals surface area contributed by atoms with Gasteiger partial charge in [0.25, 0.3) is 5.91 Å². The van der Waals surface area contributed by atoms with Crippen molar-refractivity contribution in [2.24, 2.45) is 0 Å². The lowest BCUT2D eigenvalue weighted by Gasteiger charge is -2.32. The van der Waals surface area contributed by atoms with Gasteiger partial charge >= 0.3 is 0 Å². The number of carbonyl (C=O) groups excluding carboxylic acids is 2. The van der Waals surface area contributed by atoms with E-state index in [1.165, 1.54) is 17.8 Å². The molecule has 0 spiro atoms. The molecular formula is C16H17ClN2O2S. The minimum absolute atomic E-state index is 0.0812. The van der Waals surface area contributed by atoms with Gasteiger partial charge in [-0.2, -0.15) is 0 Å². The van der Waals surface area contributed by atoms with Crippen LogP contribution in [0.3, 0.4) is 0 Å². The number of rotatable bonds is 1. The van der Waals surface area contributed by atoms with E-state index >= 15 is 0 Å². The van der Waals surface area contributed by atoms with E-state index in [0.29, 0.717) is 15.6 Å². The van der Waals surface area contributed by atoms with Crippen molar-refractivity contribution in [3.8, 4) is 0 Å². The van der Waals surface area contributed by atoms with Crippen molar-refractivity contribution in [1.82, 2.24) is 4.90 Å². The van der Waals surface area contributed by atoms with Crippen LogP contribution in [0.4, 0.5) is 5.69 Å². The number of anilines is 1. The minimum Gasteiger partial charge on any atom is -0.336 e. The summed E-state index contributed by atoms with van der Waals surface area (Å²) >= 11 is 7.24. The fraction of sp³-hybridized carbons (Fsp3) is 0.375. The van der Waals surface area contributed by atoms with Crippen molar-refractivity contribution in [2.45, 2.75) is 37.1 Å². The smallest absolute Gasteiger partial charge is 0.262 e. The largest absolute Gasteiger partial charge is 0.336 e. The van der Waals surface area contributed by atoms with Crippen LogP contribution < -0.4 is 5.32 Å². The van der Waals surface area contributed by atoms with Crippen LogP contribution in [0.5, 0.6) is 0 Å². The van der Waals surface area contributed by atoms with E-state index in [4.69, 9.17) is 11.6 Å². The summed E-state index contributed by atoms with van der Waals surface area (Å²) in [6, 6.07) is 5.58. The lowest BCUT2D eigenvalue weighted by atomic mass is 10.0. The van der Waals surface area contributed by atoms with Gasteiger partial charge in [0.2, 0.25) is 5.91 Å². The number of nitrogens with one attached hydrogen (secondary N) is 1. The molecule has 1 saturated heterocycles. The summed E-state index contributed by atoms with van der Waals surface area (Å²) in [5.74, 6) is -0.333. The average Bonchev–Trinajstić information content (AvgIpc) is 2.48. The van der Waals surface area contributed by atoms with Gasteiger partial charge in [-0.3, -0.25) is 9.59 Å². The standard InChI is InChI=1S/C16H17ClN2O2S/c1-10-4-2-3-7-19(10)15(20)9-14-16(21)18-12-8-11(17)5-6-13(12)22-14/h5-6,8-10H,2-4,7H2,1H3,(H,18,21)/b14-9+. The number of hydrogen-bond acceptors (Lipinski definition) is 3. The molecule has 0 radical (unpaired) electrons. The molecule has 6 heteroatoms. The van der Waals surface area contributed by atoms with Crippen LogP contribution in [0.2, 0.25) is 5.02 Å². The average molecular weight is 337 g/mol. The Bertz CT molecular complexity index is 660. The highest BCUT2D eigenvalue weighted by Crippen LogP contribution is 2.39. The molecule has 1 aromatic carbocycles. The van der Waals surface area contributed by atoms with Gasteiger partial charge in [0.05, 0.1) is 10.6 Å². The molecule has 0 aromatic heterocycles. The summed E-state index contributed by atoms with van der Waals surface area (Å²) in [5.41, 5.74) is 0.693. The van der Waals surface area contributed by atoms with E-state index in [-0.39, 0.29) is 17.9 Å². The maximum atomic E-state index is 12.4. The Morgan fingerprint density at radius 2 is 2.27 bits per heavy atom. The predicted octanol–water partition coefficient (Wildman–Crippen LogP) is 3.67. The normalized spacial score (nSPS) is 23.2. The van der Waals surface area contributed by atoms with E-state index in [1.54, 1.807) is 12.1 Å². The number of hydrogen-bond donors (Lipinski definition) is 1. The maximum Gasteiger partial charge on any atom is 0.262 e. The lowest BCUT2D eigenvalue weighted by molar-refractivity contribution is -0.129. The third-order valence-corrected chi connectivity index (χ3v) is 5.31. The number of nitrogens with zero attached hydrogens (tertiary/aromatic N) is 1. The molecule has 2 aliphatic rings. The second kappa shape index (κ2) is 6.34. The Kier molecular flexibility index (Phi) is 4.45. The Hall–Kier alpha value is -1.46. The van der Waals surface area contributed by atoms with Crippen molar-refractivity contribution in [1.29, 1.82) is 0 Å². The molecule has 2 aliphatic heterocycles. The predicted molar refractivity (Wildman–Crippen MR) is 89.0 cm³/mol. The maximum absolute atomic E-state index is 12.4. The molecule has 0 aliphatic carbocycles. The molecule has 0 bridgehead atoms. The third kappa shape index (κ3) is 3.15. The highest BCUT2D eigenvalue weighted by atomic mass is 35.5. The Morgan fingerprint density at radius 3 is 3.05 bits per heavy atom. The number of halogens is 1. The Morgan fingerprint density at radius 1 is 1.45 bits per heavy atom. The van der Waals surface area contributed by atoms with Crippen molar-refractivity contribution >= 4 is 40.9 Å². The molecule has 2 heterocycles. The Balaban J connectivity index is 1.81.